The SMILES string of the molecule is COC(C)OC1CCS(OS(=O)(=O)C(F)(F)C(F)(F)C(F)(F)C(F)(F)C(F)(F)C(F)(F)C(F)(F)C(F)(F)F)(c2cccc3ccccc23)C1. The summed E-state index contributed by atoms with van der Waals surface area (Å²) in [6, 6.07) is 8.93. The molecule has 0 bridgehead atoms. The maximum atomic E-state index is 15.1. The van der Waals surface area contributed by atoms with Gasteiger partial charge in [0.15, 0.2) is 6.29 Å². The summed E-state index contributed by atoms with van der Waals surface area (Å²) in [4.78, 5) is -0.345. The Kier molecular flexibility index (Phi) is 10.4. The van der Waals surface area contributed by atoms with Crippen LogP contribution in [0.1, 0.15) is 13.3 Å². The lowest BCUT2D eigenvalue weighted by atomic mass is 9.91. The minimum Gasteiger partial charge on any atom is -0.356 e. The Hall–Kier alpha value is -2.31. The van der Waals surface area contributed by atoms with E-state index in [0.717, 1.165) is 13.2 Å². The molecule has 3 atom stereocenters. The van der Waals surface area contributed by atoms with E-state index in [4.69, 9.17) is 9.47 Å². The molecule has 0 spiro atoms. The minimum absolute atomic E-state index is 0.00459. The number of benzene rings is 2. The maximum absolute atomic E-state index is 15.1. The van der Waals surface area contributed by atoms with Gasteiger partial charge in [-0.15, -0.1) is 0 Å². The number of halogens is 17. The van der Waals surface area contributed by atoms with Crippen molar-refractivity contribution in [3.8, 4) is 0 Å². The average molecular weight is 789 g/mol. The van der Waals surface area contributed by atoms with Gasteiger partial charge in [-0.05, 0) is 30.2 Å². The summed E-state index contributed by atoms with van der Waals surface area (Å²) in [5.41, 5.74) is 0. The first kappa shape index (κ1) is 41.1. The van der Waals surface area contributed by atoms with E-state index in [-0.39, 0.29) is 22.1 Å². The second-order valence-electron chi connectivity index (χ2n) is 10.5. The zero-order chi connectivity index (χ0) is 38.1. The molecule has 1 aliphatic rings. The van der Waals surface area contributed by atoms with Gasteiger partial charge in [0.25, 0.3) is 0 Å². The summed E-state index contributed by atoms with van der Waals surface area (Å²) in [6.07, 6.45) is -10.6. The second kappa shape index (κ2) is 12.4. The topological polar surface area (TPSA) is 61.8 Å². The molecule has 5 nitrogen and oxygen atoms in total. The van der Waals surface area contributed by atoms with Gasteiger partial charge in [0.05, 0.1) is 6.10 Å². The monoisotopic (exact) mass is 788 g/mol. The lowest BCUT2D eigenvalue weighted by molar-refractivity contribution is -0.458. The summed E-state index contributed by atoms with van der Waals surface area (Å²) in [7, 11) is -10.7. The zero-order valence-corrected chi connectivity index (χ0v) is 25.7. The number of alkyl halides is 17. The Balaban J connectivity index is 2.17. The number of rotatable bonds is 13. The molecule has 3 unspecified atom stereocenters. The van der Waals surface area contributed by atoms with Gasteiger partial charge < -0.3 is 9.47 Å². The molecule has 2 aromatic carbocycles. The fraction of sp³-hybridized carbons (Fsp3) is 0.600. The molecule has 24 heteroatoms. The van der Waals surface area contributed by atoms with Crippen LogP contribution < -0.4 is 0 Å². The van der Waals surface area contributed by atoms with Crippen LogP contribution in [0.3, 0.4) is 0 Å². The predicted molar refractivity (Wildman–Crippen MR) is 136 cm³/mol. The van der Waals surface area contributed by atoms with Crippen LogP contribution in [-0.2, 0) is 23.2 Å². The number of hydrogen-bond acceptors (Lipinski definition) is 5. The highest BCUT2D eigenvalue weighted by Gasteiger charge is 2.96. The highest BCUT2D eigenvalue weighted by Crippen LogP contribution is 2.68. The average Bonchev–Trinajstić information content (AvgIpc) is 3.37. The normalized spacial score (nSPS) is 23.0. The Morgan fingerprint density at radius 1 is 0.694 bits per heavy atom. The molecule has 0 N–H and O–H groups in total. The van der Waals surface area contributed by atoms with Gasteiger partial charge >= 0.3 is 57.1 Å². The third-order valence-electron chi connectivity index (χ3n) is 7.32. The van der Waals surface area contributed by atoms with Crippen LogP contribution in [0.2, 0.25) is 0 Å². The first-order valence-electron chi connectivity index (χ1n) is 12.9. The third-order valence-corrected chi connectivity index (χ3v) is 12.9. The fourth-order valence-corrected chi connectivity index (χ4v) is 10.5. The van der Waals surface area contributed by atoms with E-state index in [0.29, 0.717) is 0 Å². The molecule has 0 radical (unpaired) electrons. The number of hydrogen-bond donors (Lipinski definition) is 0. The summed E-state index contributed by atoms with van der Waals surface area (Å²) < 4.78 is 275. The highest BCUT2D eigenvalue weighted by atomic mass is 32.3. The molecule has 3 rings (SSSR count). The highest BCUT2D eigenvalue weighted by molar-refractivity contribution is 8.33. The molecule has 1 heterocycles. The van der Waals surface area contributed by atoms with Gasteiger partial charge in [-0.25, -0.2) is 3.63 Å². The van der Waals surface area contributed by atoms with E-state index in [1.54, 1.807) is 0 Å². The van der Waals surface area contributed by atoms with Crippen molar-refractivity contribution < 1.29 is 96.2 Å². The van der Waals surface area contributed by atoms with Crippen molar-refractivity contribution in [3.63, 3.8) is 0 Å². The molecular formula is C25H21F17O5S2. The summed E-state index contributed by atoms with van der Waals surface area (Å²) in [5.74, 6) is -53.7. The second-order valence-corrected chi connectivity index (χ2v) is 15.3. The molecule has 1 saturated heterocycles. The Morgan fingerprint density at radius 3 is 1.67 bits per heavy atom. The zero-order valence-electron chi connectivity index (χ0n) is 24.1. The first-order valence-corrected chi connectivity index (χ1v) is 16.3. The van der Waals surface area contributed by atoms with Crippen molar-refractivity contribution >= 4 is 31.2 Å². The van der Waals surface area contributed by atoms with Gasteiger partial charge in [0, 0.05) is 23.5 Å². The van der Waals surface area contributed by atoms with E-state index >= 15 is 8.78 Å². The van der Waals surface area contributed by atoms with Crippen LogP contribution in [0.15, 0.2) is 47.4 Å². The summed E-state index contributed by atoms with van der Waals surface area (Å²) in [6.45, 7) is 1.28. The van der Waals surface area contributed by atoms with Crippen LogP contribution >= 0.6 is 10.3 Å². The summed E-state index contributed by atoms with van der Waals surface area (Å²) in [5, 5.41) is -7.58. The van der Waals surface area contributed by atoms with Gasteiger partial charge in [0.1, 0.15) is 0 Å². The smallest absolute Gasteiger partial charge is 0.356 e. The Morgan fingerprint density at radius 2 is 1.16 bits per heavy atom. The van der Waals surface area contributed by atoms with Crippen molar-refractivity contribution in [1.29, 1.82) is 0 Å². The van der Waals surface area contributed by atoms with E-state index in [2.05, 4.69) is 3.63 Å². The Bertz CT molecular complexity index is 1630. The molecule has 2 aromatic rings. The largest absolute Gasteiger partial charge is 0.460 e. The van der Waals surface area contributed by atoms with Crippen molar-refractivity contribution in [2.24, 2.45) is 0 Å². The van der Waals surface area contributed by atoms with Crippen LogP contribution in [0.25, 0.3) is 10.8 Å². The Labute approximate surface area is 266 Å². The van der Waals surface area contributed by atoms with Gasteiger partial charge in [-0.3, -0.25) is 0 Å². The minimum atomic E-state index is -8.94. The van der Waals surface area contributed by atoms with Crippen LogP contribution in [0.4, 0.5) is 74.6 Å². The van der Waals surface area contributed by atoms with Crippen LogP contribution in [0, 0.1) is 0 Å². The van der Waals surface area contributed by atoms with Gasteiger partial charge in [-0.2, -0.15) is 83.1 Å². The van der Waals surface area contributed by atoms with Crippen molar-refractivity contribution in [1.82, 2.24) is 0 Å². The molecule has 1 aliphatic heterocycles. The molecule has 0 aromatic heterocycles. The molecule has 282 valence electrons. The number of fused-ring (bicyclic) bond motifs is 1. The van der Waals surface area contributed by atoms with E-state index in [1.807, 2.05) is 0 Å². The lowest BCUT2D eigenvalue weighted by Gasteiger charge is -2.43. The summed E-state index contributed by atoms with van der Waals surface area (Å²) >= 11 is 0. The van der Waals surface area contributed by atoms with Gasteiger partial charge in [0.2, 0.25) is 0 Å². The fourth-order valence-electron chi connectivity index (χ4n) is 4.56. The lowest BCUT2D eigenvalue weighted by Crippen LogP contribution is -2.75. The van der Waals surface area contributed by atoms with E-state index < -0.39 is 91.3 Å². The standard InChI is InChI=1S/C25H21F17O5S2/c1-13(45-2)46-15-10-11-48(12-15,17-9-5-7-14-6-3-4-8-16(14)17)47-49(43,44)25(41,42)23(36,37)21(32,33)19(28,29)18(26,27)20(30,31)22(34,35)24(38,39)40/h3-9,13,15H,10-12H2,1-2H3. The quantitative estimate of drug-likeness (QED) is 0.150. The van der Waals surface area contributed by atoms with Crippen LogP contribution in [-0.4, -0.2) is 86.4 Å². The molecule has 0 aliphatic carbocycles. The number of methoxy groups -OCH3 is 1. The van der Waals surface area contributed by atoms with Crippen molar-refractivity contribution in [3.05, 3.63) is 42.5 Å². The maximum Gasteiger partial charge on any atom is 0.460 e. The molecule has 49 heavy (non-hydrogen) atoms. The first-order chi connectivity index (χ1) is 21.8. The van der Waals surface area contributed by atoms with Crippen molar-refractivity contribution in [2.45, 2.75) is 77.6 Å². The van der Waals surface area contributed by atoms with Gasteiger partial charge in [-0.1, -0.05) is 46.7 Å². The molecule has 1 fully saturated rings. The van der Waals surface area contributed by atoms with Crippen LogP contribution in [0.5, 0.6) is 0 Å². The molecule has 0 amide bonds. The molecular weight excluding hydrogens is 767 g/mol. The molecule has 0 saturated carbocycles. The predicted octanol–water partition coefficient (Wildman–Crippen LogP) is 9.01. The third kappa shape index (κ3) is 6.09. The van der Waals surface area contributed by atoms with E-state index in [9.17, 15) is 74.3 Å². The number of ether oxygens (including phenoxy) is 2. The van der Waals surface area contributed by atoms with E-state index in [1.165, 1.54) is 43.3 Å². The van der Waals surface area contributed by atoms with Crippen molar-refractivity contribution in [2.75, 3.05) is 18.6 Å².